The van der Waals surface area contributed by atoms with Crippen LogP contribution >= 0.6 is 0 Å². The van der Waals surface area contributed by atoms with Crippen molar-refractivity contribution in [1.82, 2.24) is 10.3 Å². The van der Waals surface area contributed by atoms with Crippen LogP contribution in [-0.4, -0.2) is 42.8 Å². The molecule has 3 aliphatic rings. The summed E-state index contributed by atoms with van der Waals surface area (Å²) in [6, 6.07) is 3.88. The highest BCUT2D eigenvalue weighted by Crippen LogP contribution is 2.38. The Bertz CT molecular complexity index is 797. The predicted molar refractivity (Wildman–Crippen MR) is 86.7 cm³/mol. The Morgan fingerprint density at radius 2 is 2.04 bits per heavy atom. The molecular weight excluding hydrogens is 310 g/mol. The molecule has 1 aromatic rings. The summed E-state index contributed by atoms with van der Waals surface area (Å²) in [5.41, 5.74) is 3.22. The third-order valence-corrected chi connectivity index (χ3v) is 4.37. The highest BCUT2D eigenvalue weighted by molar-refractivity contribution is 6.45. The average molecular weight is 327 g/mol. The predicted octanol–water partition coefficient (Wildman–Crippen LogP) is 1.08. The zero-order valence-corrected chi connectivity index (χ0v) is 13.3. The van der Waals surface area contributed by atoms with Gasteiger partial charge in [0.15, 0.2) is 11.5 Å². The number of rotatable bonds is 2. The fourth-order valence-electron chi connectivity index (χ4n) is 3.06. The Morgan fingerprint density at radius 3 is 2.83 bits per heavy atom. The minimum absolute atomic E-state index is 0.0759. The second-order valence-electron chi connectivity index (χ2n) is 5.93. The largest absolute Gasteiger partial charge is 0.454 e. The van der Waals surface area contributed by atoms with Gasteiger partial charge in [-0.3, -0.25) is 9.59 Å². The van der Waals surface area contributed by atoms with E-state index >= 15 is 0 Å². The molecule has 3 aliphatic heterocycles. The standard InChI is InChI=1S/C17H17N3O4/c1-20-17(22)3-2-12(19-20)14(21)8-13-11-7-16-15(23-9-24-16)6-10(11)4-5-18-13/h6-8,18H,2-5,9H2,1H3/b13-8-. The fraction of sp³-hybridized carbons (Fsp3) is 0.353. The van der Waals surface area contributed by atoms with E-state index in [1.54, 1.807) is 13.1 Å². The van der Waals surface area contributed by atoms with Crippen molar-refractivity contribution in [3.63, 3.8) is 0 Å². The molecule has 0 radical (unpaired) electrons. The van der Waals surface area contributed by atoms with Gasteiger partial charge in [0.25, 0.3) is 0 Å². The Morgan fingerprint density at radius 1 is 1.25 bits per heavy atom. The van der Waals surface area contributed by atoms with Gasteiger partial charge in [0.1, 0.15) is 5.71 Å². The van der Waals surface area contributed by atoms with Crippen LogP contribution in [0.2, 0.25) is 0 Å². The van der Waals surface area contributed by atoms with Gasteiger partial charge in [0, 0.05) is 43.8 Å². The van der Waals surface area contributed by atoms with Crippen molar-refractivity contribution in [2.24, 2.45) is 5.10 Å². The minimum Gasteiger partial charge on any atom is -0.454 e. The lowest BCUT2D eigenvalue weighted by molar-refractivity contribution is -0.130. The molecule has 0 bridgehead atoms. The number of fused-ring (bicyclic) bond motifs is 2. The second kappa shape index (κ2) is 5.67. The summed E-state index contributed by atoms with van der Waals surface area (Å²) in [7, 11) is 1.57. The van der Waals surface area contributed by atoms with Gasteiger partial charge < -0.3 is 14.8 Å². The number of ether oxygens (including phenoxy) is 2. The molecule has 0 unspecified atom stereocenters. The first kappa shape index (κ1) is 14.7. The van der Waals surface area contributed by atoms with E-state index < -0.39 is 0 Å². The summed E-state index contributed by atoms with van der Waals surface area (Å²) in [6.45, 7) is 0.970. The first-order valence-electron chi connectivity index (χ1n) is 7.88. The van der Waals surface area contributed by atoms with Gasteiger partial charge in [-0.1, -0.05) is 0 Å². The molecule has 4 rings (SSSR count). The van der Waals surface area contributed by atoms with E-state index in [0.717, 1.165) is 35.5 Å². The van der Waals surface area contributed by atoms with Crippen LogP contribution in [0.25, 0.3) is 5.70 Å². The number of allylic oxidation sites excluding steroid dienone is 1. The molecular formula is C17H17N3O4. The minimum atomic E-state index is -0.178. The Hall–Kier alpha value is -2.83. The van der Waals surface area contributed by atoms with Gasteiger partial charge in [-0.15, -0.1) is 0 Å². The number of hydrazone groups is 1. The SMILES string of the molecule is CN1N=C(C(=O)/C=C2\NCCc3cc4c(cc32)OCO4)CCC1=O. The lowest BCUT2D eigenvalue weighted by atomic mass is 9.95. The van der Waals surface area contributed by atoms with Crippen molar-refractivity contribution in [2.45, 2.75) is 19.3 Å². The van der Waals surface area contributed by atoms with Crippen LogP contribution in [0, 0.1) is 0 Å². The van der Waals surface area contributed by atoms with E-state index in [0.29, 0.717) is 24.3 Å². The Balaban J connectivity index is 1.66. The van der Waals surface area contributed by atoms with Crippen molar-refractivity contribution >= 4 is 23.1 Å². The van der Waals surface area contributed by atoms with Crippen molar-refractivity contribution < 1.29 is 19.1 Å². The number of amides is 1. The molecule has 0 atom stereocenters. The van der Waals surface area contributed by atoms with E-state index in [4.69, 9.17) is 9.47 Å². The molecule has 0 saturated carbocycles. The highest BCUT2D eigenvalue weighted by Gasteiger charge is 2.24. The number of carbonyl (C=O) groups excluding carboxylic acids is 2. The maximum absolute atomic E-state index is 12.5. The second-order valence-corrected chi connectivity index (χ2v) is 5.93. The number of benzene rings is 1. The van der Waals surface area contributed by atoms with Crippen molar-refractivity contribution in [1.29, 1.82) is 0 Å². The highest BCUT2D eigenvalue weighted by atomic mass is 16.7. The zero-order valence-electron chi connectivity index (χ0n) is 13.3. The van der Waals surface area contributed by atoms with Crippen molar-refractivity contribution in [3.8, 4) is 11.5 Å². The molecule has 124 valence electrons. The monoisotopic (exact) mass is 327 g/mol. The number of hydrogen-bond acceptors (Lipinski definition) is 6. The summed E-state index contributed by atoms with van der Waals surface area (Å²) in [6.07, 6.45) is 3.10. The summed E-state index contributed by atoms with van der Waals surface area (Å²) in [5, 5.41) is 8.57. The van der Waals surface area contributed by atoms with Crippen molar-refractivity contribution in [3.05, 3.63) is 29.3 Å². The van der Waals surface area contributed by atoms with Crippen LogP contribution < -0.4 is 14.8 Å². The Labute approximate surface area is 138 Å². The smallest absolute Gasteiger partial charge is 0.242 e. The topological polar surface area (TPSA) is 80.2 Å². The van der Waals surface area contributed by atoms with Crippen LogP contribution in [0.5, 0.6) is 11.5 Å². The average Bonchev–Trinajstić information content (AvgIpc) is 3.03. The molecule has 0 spiro atoms. The summed E-state index contributed by atoms with van der Waals surface area (Å²) < 4.78 is 10.8. The lowest BCUT2D eigenvalue weighted by Gasteiger charge is -2.22. The molecule has 7 nitrogen and oxygen atoms in total. The molecule has 1 aromatic carbocycles. The maximum atomic E-state index is 12.5. The van der Waals surface area contributed by atoms with Crippen LogP contribution in [-0.2, 0) is 16.0 Å². The van der Waals surface area contributed by atoms with E-state index in [1.165, 1.54) is 5.01 Å². The normalized spacial score (nSPS) is 20.5. The third-order valence-electron chi connectivity index (χ3n) is 4.37. The van der Waals surface area contributed by atoms with Gasteiger partial charge in [-0.25, -0.2) is 5.01 Å². The van der Waals surface area contributed by atoms with E-state index in [2.05, 4.69) is 10.4 Å². The lowest BCUT2D eigenvalue weighted by Crippen LogP contribution is -2.31. The van der Waals surface area contributed by atoms with Crippen LogP contribution in [0.1, 0.15) is 24.0 Å². The summed E-state index contributed by atoms with van der Waals surface area (Å²) >= 11 is 0. The van der Waals surface area contributed by atoms with Gasteiger partial charge in [0.2, 0.25) is 18.5 Å². The molecule has 1 N–H and O–H groups in total. The third kappa shape index (κ3) is 2.51. The van der Waals surface area contributed by atoms with Gasteiger partial charge in [-0.05, 0) is 24.1 Å². The van der Waals surface area contributed by atoms with Gasteiger partial charge in [0.05, 0.1) is 0 Å². The molecule has 0 fully saturated rings. The number of nitrogens with zero attached hydrogens (tertiary/aromatic N) is 2. The van der Waals surface area contributed by atoms with Gasteiger partial charge >= 0.3 is 0 Å². The number of carbonyl (C=O) groups is 2. The number of hydrogen-bond donors (Lipinski definition) is 1. The molecule has 3 heterocycles. The molecule has 0 aromatic heterocycles. The first-order valence-corrected chi connectivity index (χ1v) is 7.88. The van der Waals surface area contributed by atoms with Crippen LogP contribution in [0.4, 0.5) is 0 Å². The van der Waals surface area contributed by atoms with Crippen molar-refractivity contribution in [2.75, 3.05) is 20.4 Å². The molecule has 0 aliphatic carbocycles. The molecule has 0 saturated heterocycles. The van der Waals surface area contributed by atoms with E-state index in [1.807, 2.05) is 12.1 Å². The van der Waals surface area contributed by atoms with E-state index in [9.17, 15) is 9.59 Å². The van der Waals surface area contributed by atoms with Crippen LogP contribution in [0.15, 0.2) is 23.3 Å². The molecule has 24 heavy (non-hydrogen) atoms. The van der Waals surface area contributed by atoms with Crippen LogP contribution in [0.3, 0.4) is 0 Å². The Kier molecular flexibility index (Phi) is 3.48. The molecule has 7 heteroatoms. The molecule has 1 amide bonds. The number of nitrogens with one attached hydrogen (secondary N) is 1. The fourth-order valence-corrected chi connectivity index (χ4v) is 3.06. The number of ketones is 1. The zero-order chi connectivity index (χ0) is 16.7. The summed E-state index contributed by atoms with van der Waals surface area (Å²) in [5.74, 6) is 1.18. The first-order chi connectivity index (χ1) is 11.6. The quantitative estimate of drug-likeness (QED) is 0.822. The van der Waals surface area contributed by atoms with Gasteiger partial charge in [-0.2, -0.15) is 5.10 Å². The summed E-state index contributed by atoms with van der Waals surface area (Å²) in [4.78, 5) is 24.0. The van der Waals surface area contributed by atoms with E-state index in [-0.39, 0.29) is 18.5 Å². The maximum Gasteiger partial charge on any atom is 0.242 e.